The van der Waals surface area contributed by atoms with E-state index < -0.39 is 6.04 Å². The first-order valence-corrected chi connectivity index (χ1v) is 8.01. The molecule has 6 heteroatoms. The van der Waals surface area contributed by atoms with E-state index in [1.54, 1.807) is 7.05 Å². The SMILES string of the molecule is CC(=O)NC(C(=O)N(C)CC(=O)Nc1c(C)cccc1C)C(C)C. The van der Waals surface area contributed by atoms with E-state index in [4.69, 9.17) is 0 Å². The number of hydrogen-bond donors (Lipinski definition) is 2. The number of amides is 3. The van der Waals surface area contributed by atoms with E-state index in [1.165, 1.54) is 11.8 Å². The largest absolute Gasteiger partial charge is 0.344 e. The Morgan fingerprint density at radius 2 is 1.67 bits per heavy atom. The summed E-state index contributed by atoms with van der Waals surface area (Å²) in [5.41, 5.74) is 2.71. The Bertz CT molecular complexity index is 606. The van der Waals surface area contributed by atoms with E-state index in [1.807, 2.05) is 45.9 Å². The second kappa shape index (κ2) is 8.47. The molecular weight excluding hydrogens is 306 g/mol. The molecule has 1 rings (SSSR count). The Hall–Kier alpha value is -2.37. The number of nitrogens with one attached hydrogen (secondary N) is 2. The Balaban J connectivity index is 2.75. The van der Waals surface area contributed by atoms with Crippen LogP contribution in [0.25, 0.3) is 0 Å². The fourth-order valence-corrected chi connectivity index (χ4v) is 2.45. The fourth-order valence-electron chi connectivity index (χ4n) is 2.45. The van der Waals surface area contributed by atoms with Gasteiger partial charge in [-0.15, -0.1) is 0 Å². The first-order chi connectivity index (χ1) is 11.1. The number of carbonyl (C=O) groups excluding carboxylic acids is 3. The van der Waals surface area contributed by atoms with Crippen LogP contribution < -0.4 is 10.6 Å². The molecule has 0 radical (unpaired) electrons. The third-order valence-corrected chi connectivity index (χ3v) is 3.79. The van der Waals surface area contributed by atoms with E-state index in [0.29, 0.717) is 0 Å². The molecule has 0 aliphatic rings. The van der Waals surface area contributed by atoms with Gasteiger partial charge in [-0.1, -0.05) is 32.0 Å². The number of anilines is 1. The summed E-state index contributed by atoms with van der Waals surface area (Å²) in [6.45, 7) is 8.84. The number of benzene rings is 1. The van der Waals surface area contributed by atoms with Crippen LogP contribution in [0.5, 0.6) is 0 Å². The topological polar surface area (TPSA) is 78.5 Å². The van der Waals surface area contributed by atoms with Crippen LogP contribution in [-0.4, -0.2) is 42.3 Å². The summed E-state index contributed by atoms with van der Waals surface area (Å²) in [4.78, 5) is 37.3. The number of carbonyl (C=O) groups is 3. The van der Waals surface area contributed by atoms with Crippen molar-refractivity contribution in [2.75, 3.05) is 18.9 Å². The maximum Gasteiger partial charge on any atom is 0.245 e. The van der Waals surface area contributed by atoms with Crippen LogP contribution in [0.15, 0.2) is 18.2 Å². The second-order valence-electron chi connectivity index (χ2n) is 6.43. The van der Waals surface area contributed by atoms with E-state index >= 15 is 0 Å². The van der Waals surface area contributed by atoms with Crippen LogP contribution in [0.2, 0.25) is 0 Å². The van der Waals surface area contributed by atoms with Crippen LogP contribution in [0.1, 0.15) is 31.9 Å². The highest BCUT2D eigenvalue weighted by Gasteiger charge is 2.27. The summed E-state index contributed by atoms with van der Waals surface area (Å²) in [5, 5.41) is 5.49. The van der Waals surface area contributed by atoms with Gasteiger partial charge in [-0.05, 0) is 30.9 Å². The molecule has 0 fully saturated rings. The van der Waals surface area contributed by atoms with Crippen molar-refractivity contribution in [3.05, 3.63) is 29.3 Å². The first-order valence-electron chi connectivity index (χ1n) is 8.01. The van der Waals surface area contributed by atoms with Crippen molar-refractivity contribution < 1.29 is 14.4 Å². The van der Waals surface area contributed by atoms with E-state index in [9.17, 15) is 14.4 Å². The molecule has 2 N–H and O–H groups in total. The minimum atomic E-state index is -0.638. The Labute approximate surface area is 143 Å². The minimum Gasteiger partial charge on any atom is -0.344 e. The lowest BCUT2D eigenvalue weighted by molar-refractivity contribution is -0.138. The summed E-state index contributed by atoms with van der Waals surface area (Å²) < 4.78 is 0. The lowest BCUT2D eigenvalue weighted by Crippen LogP contribution is -2.51. The van der Waals surface area contributed by atoms with Crippen molar-refractivity contribution in [2.45, 2.75) is 40.7 Å². The monoisotopic (exact) mass is 333 g/mol. The molecule has 1 atom stereocenters. The van der Waals surface area contributed by atoms with Crippen molar-refractivity contribution in [1.82, 2.24) is 10.2 Å². The molecule has 0 saturated carbocycles. The maximum absolute atomic E-state index is 12.5. The van der Waals surface area contributed by atoms with Crippen molar-refractivity contribution in [2.24, 2.45) is 5.92 Å². The molecule has 132 valence electrons. The van der Waals surface area contributed by atoms with Gasteiger partial charge in [0.15, 0.2) is 0 Å². The lowest BCUT2D eigenvalue weighted by Gasteiger charge is -2.26. The summed E-state index contributed by atoms with van der Waals surface area (Å²) >= 11 is 0. The molecule has 0 aliphatic carbocycles. The molecule has 1 aromatic carbocycles. The van der Waals surface area contributed by atoms with Gasteiger partial charge >= 0.3 is 0 Å². The molecule has 3 amide bonds. The summed E-state index contributed by atoms with van der Waals surface area (Å²) in [6, 6.07) is 5.13. The van der Waals surface area contributed by atoms with Gasteiger partial charge in [0.1, 0.15) is 6.04 Å². The van der Waals surface area contributed by atoms with Gasteiger partial charge in [-0.25, -0.2) is 0 Å². The molecule has 0 heterocycles. The number of para-hydroxylation sites is 1. The maximum atomic E-state index is 12.5. The van der Waals surface area contributed by atoms with Crippen LogP contribution in [0.4, 0.5) is 5.69 Å². The van der Waals surface area contributed by atoms with Gasteiger partial charge in [0, 0.05) is 19.7 Å². The van der Waals surface area contributed by atoms with Gasteiger partial charge in [-0.3, -0.25) is 14.4 Å². The molecule has 0 bridgehead atoms. The number of likely N-dealkylation sites (N-methyl/N-ethyl adjacent to an activating group) is 1. The third-order valence-electron chi connectivity index (χ3n) is 3.79. The van der Waals surface area contributed by atoms with Crippen LogP contribution in [0, 0.1) is 19.8 Å². The molecular formula is C18H27N3O3. The van der Waals surface area contributed by atoms with Crippen LogP contribution in [0.3, 0.4) is 0 Å². The van der Waals surface area contributed by atoms with Crippen molar-refractivity contribution in [3.63, 3.8) is 0 Å². The second-order valence-corrected chi connectivity index (χ2v) is 6.43. The highest BCUT2D eigenvalue weighted by Crippen LogP contribution is 2.19. The third kappa shape index (κ3) is 5.37. The first kappa shape index (κ1) is 19.7. The highest BCUT2D eigenvalue weighted by atomic mass is 16.2. The van der Waals surface area contributed by atoms with Crippen LogP contribution in [-0.2, 0) is 14.4 Å². The van der Waals surface area contributed by atoms with Gasteiger partial charge in [-0.2, -0.15) is 0 Å². The van der Waals surface area contributed by atoms with Gasteiger partial charge in [0.05, 0.1) is 6.54 Å². The Morgan fingerprint density at radius 3 is 2.12 bits per heavy atom. The minimum absolute atomic E-state index is 0.0643. The average Bonchev–Trinajstić information content (AvgIpc) is 2.47. The van der Waals surface area contributed by atoms with Gasteiger partial charge < -0.3 is 15.5 Å². The lowest BCUT2D eigenvalue weighted by atomic mass is 10.0. The number of rotatable bonds is 6. The van der Waals surface area contributed by atoms with Crippen LogP contribution >= 0.6 is 0 Å². The Morgan fingerprint density at radius 1 is 1.12 bits per heavy atom. The molecule has 6 nitrogen and oxygen atoms in total. The van der Waals surface area contributed by atoms with Crippen molar-refractivity contribution >= 4 is 23.4 Å². The molecule has 1 aromatic rings. The van der Waals surface area contributed by atoms with Crippen molar-refractivity contribution in [1.29, 1.82) is 0 Å². The van der Waals surface area contributed by atoms with E-state index in [-0.39, 0.29) is 30.2 Å². The summed E-state index contributed by atoms with van der Waals surface area (Å²) in [5.74, 6) is -0.883. The average molecular weight is 333 g/mol. The molecule has 1 unspecified atom stereocenters. The fraction of sp³-hybridized carbons (Fsp3) is 0.500. The quantitative estimate of drug-likeness (QED) is 0.834. The zero-order chi connectivity index (χ0) is 18.4. The van der Waals surface area contributed by atoms with Gasteiger partial charge in [0.2, 0.25) is 17.7 Å². The Kier molecular flexibility index (Phi) is 6.95. The normalized spacial score (nSPS) is 11.8. The zero-order valence-corrected chi connectivity index (χ0v) is 15.3. The van der Waals surface area contributed by atoms with E-state index in [2.05, 4.69) is 10.6 Å². The molecule has 0 aliphatic heterocycles. The summed E-state index contributed by atoms with van der Waals surface area (Å²) in [6.07, 6.45) is 0. The number of aryl methyl sites for hydroxylation is 2. The number of hydrogen-bond acceptors (Lipinski definition) is 3. The van der Waals surface area contributed by atoms with Crippen molar-refractivity contribution in [3.8, 4) is 0 Å². The van der Waals surface area contributed by atoms with Gasteiger partial charge in [0.25, 0.3) is 0 Å². The zero-order valence-electron chi connectivity index (χ0n) is 15.3. The summed E-state index contributed by atoms with van der Waals surface area (Å²) in [7, 11) is 1.56. The van der Waals surface area contributed by atoms with E-state index in [0.717, 1.165) is 16.8 Å². The predicted molar refractivity (Wildman–Crippen MR) is 94.6 cm³/mol. The molecule has 24 heavy (non-hydrogen) atoms. The standard InChI is InChI=1S/C18H27N3O3/c1-11(2)16(19-14(5)22)18(24)21(6)10-15(23)20-17-12(3)8-7-9-13(17)4/h7-9,11,16H,10H2,1-6H3,(H,19,22)(H,20,23). The predicted octanol–water partition coefficient (Wildman–Crippen LogP) is 1.86. The highest BCUT2D eigenvalue weighted by molar-refractivity contribution is 5.96. The molecule has 0 spiro atoms. The molecule has 0 aromatic heterocycles. The smallest absolute Gasteiger partial charge is 0.245 e. The molecule has 0 saturated heterocycles. The number of nitrogens with zero attached hydrogens (tertiary/aromatic N) is 1.